The summed E-state index contributed by atoms with van der Waals surface area (Å²) >= 11 is 0. The van der Waals surface area contributed by atoms with Crippen molar-refractivity contribution in [2.75, 3.05) is 52.4 Å². The Bertz CT molecular complexity index is 435. The summed E-state index contributed by atoms with van der Waals surface area (Å²) in [5.41, 5.74) is 0. The van der Waals surface area contributed by atoms with Crippen LogP contribution in [0.15, 0.2) is 0 Å². The summed E-state index contributed by atoms with van der Waals surface area (Å²) in [6.45, 7) is 8.07. The first-order valence-corrected chi connectivity index (χ1v) is 10.4. The summed E-state index contributed by atoms with van der Waals surface area (Å²) in [5, 5.41) is 3.04. The molecule has 3 heterocycles. The van der Waals surface area contributed by atoms with Gasteiger partial charge >= 0.3 is 6.03 Å². The van der Waals surface area contributed by atoms with Gasteiger partial charge < -0.3 is 15.0 Å². The molecule has 1 saturated carbocycles. The van der Waals surface area contributed by atoms with Gasteiger partial charge in [-0.05, 0) is 25.7 Å². The van der Waals surface area contributed by atoms with E-state index in [1.807, 2.05) is 4.90 Å². The molecular weight excluding hydrogens is 316 g/mol. The zero-order valence-corrected chi connectivity index (χ0v) is 15.5. The first-order chi connectivity index (χ1) is 12.3. The maximum absolute atomic E-state index is 12.2. The van der Waals surface area contributed by atoms with Crippen molar-refractivity contribution in [3.8, 4) is 0 Å². The highest BCUT2D eigenvalue weighted by atomic mass is 16.5. The summed E-state index contributed by atoms with van der Waals surface area (Å²) < 4.78 is 5.56. The summed E-state index contributed by atoms with van der Waals surface area (Å²) in [4.78, 5) is 19.5. The van der Waals surface area contributed by atoms with Gasteiger partial charge in [0.2, 0.25) is 0 Å². The second-order valence-electron chi connectivity index (χ2n) is 8.24. The van der Waals surface area contributed by atoms with Gasteiger partial charge in [0.25, 0.3) is 0 Å². The number of amides is 2. The average molecular weight is 351 g/mol. The lowest BCUT2D eigenvalue weighted by Gasteiger charge is -2.49. The van der Waals surface area contributed by atoms with Gasteiger partial charge in [0.15, 0.2) is 0 Å². The third-order valence-corrected chi connectivity index (χ3v) is 6.61. The molecule has 4 aliphatic rings. The van der Waals surface area contributed by atoms with Crippen LogP contribution < -0.4 is 5.32 Å². The fourth-order valence-corrected chi connectivity index (χ4v) is 4.88. The highest BCUT2D eigenvalue weighted by Gasteiger charge is 2.37. The van der Waals surface area contributed by atoms with Crippen molar-refractivity contribution in [2.24, 2.45) is 0 Å². The van der Waals surface area contributed by atoms with E-state index in [4.69, 9.17) is 4.74 Å². The SMILES string of the molecule is O=C(NCC1CCCO1)N1CC(N2CCN(C3CCCCC3)CC2)C1. The Balaban J connectivity index is 1.13. The predicted octanol–water partition coefficient (Wildman–Crippen LogP) is 1.51. The molecule has 0 spiro atoms. The summed E-state index contributed by atoms with van der Waals surface area (Å²) in [5.74, 6) is 0. The molecule has 25 heavy (non-hydrogen) atoms. The van der Waals surface area contributed by atoms with Crippen molar-refractivity contribution in [2.45, 2.75) is 63.1 Å². The quantitative estimate of drug-likeness (QED) is 0.835. The summed E-state index contributed by atoms with van der Waals surface area (Å²) in [6, 6.07) is 1.51. The molecule has 0 radical (unpaired) electrons. The van der Waals surface area contributed by atoms with Gasteiger partial charge in [-0.1, -0.05) is 19.3 Å². The molecule has 0 aromatic carbocycles. The number of hydrogen-bond donors (Lipinski definition) is 1. The number of hydrogen-bond acceptors (Lipinski definition) is 4. The fourth-order valence-electron chi connectivity index (χ4n) is 4.88. The Kier molecular flexibility index (Phi) is 5.78. The fraction of sp³-hybridized carbons (Fsp3) is 0.947. The Morgan fingerprint density at radius 1 is 0.880 bits per heavy atom. The first kappa shape index (κ1) is 17.6. The van der Waals surface area contributed by atoms with Crippen LogP contribution in [0, 0.1) is 0 Å². The Labute approximate surface area is 151 Å². The van der Waals surface area contributed by atoms with Gasteiger partial charge in [0.05, 0.1) is 6.10 Å². The smallest absolute Gasteiger partial charge is 0.317 e. The highest BCUT2D eigenvalue weighted by Crippen LogP contribution is 2.25. The molecule has 4 rings (SSSR count). The van der Waals surface area contributed by atoms with E-state index in [0.29, 0.717) is 12.6 Å². The van der Waals surface area contributed by atoms with Crippen LogP contribution in [0.25, 0.3) is 0 Å². The zero-order chi connectivity index (χ0) is 17.1. The van der Waals surface area contributed by atoms with Crippen molar-refractivity contribution < 1.29 is 9.53 Å². The zero-order valence-electron chi connectivity index (χ0n) is 15.5. The van der Waals surface area contributed by atoms with Gasteiger partial charge in [0.1, 0.15) is 0 Å². The average Bonchev–Trinajstić information content (AvgIpc) is 3.14. The molecule has 0 bridgehead atoms. The van der Waals surface area contributed by atoms with Crippen molar-refractivity contribution in [1.29, 1.82) is 0 Å². The highest BCUT2D eigenvalue weighted by molar-refractivity contribution is 5.75. The standard InChI is InChI=1S/C19H34N4O2/c24-19(20-13-18-7-4-12-25-18)23-14-17(15-23)22-10-8-21(9-11-22)16-5-2-1-3-6-16/h16-18H,1-15H2,(H,20,24). The van der Waals surface area contributed by atoms with Gasteiger partial charge in [-0.2, -0.15) is 0 Å². The third-order valence-electron chi connectivity index (χ3n) is 6.61. The molecule has 2 amide bonds. The molecule has 6 nitrogen and oxygen atoms in total. The summed E-state index contributed by atoms with van der Waals surface area (Å²) in [7, 11) is 0. The van der Waals surface area contributed by atoms with E-state index in [-0.39, 0.29) is 12.1 Å². The topological polar surface area (TPSA) is 48.1 Å². The minimum absolute atomic E-state index is 0.0904. The van der Waals surface area contributed by atoms with Crippen molar-refractivity contribution in [3.63, 3.8) is 0 Å². The van der Waals surface area contributed by atoms with E-state index in [0.717, 1.165) is 38.6 Å². The molecular formula is C19H34N4O2. The van der Waals surface area contributed by atoms with E-state index >= 15 is 0 Å². The number of piperazine rings is 1. The van der Waals surface area contributed by atoms with Gasteiger partial charge in [-0.15, -0.1) is 0 Å². The third kappa shape index (κ3) is 4.29. The van der Waals surface area contributed by atoms with Crippen molar-refractivity contribution in [1.82, 2.24) is 20.0 Å². The summed E-state index contributed by atoms with van der Waals surface area (Å²) in [6.07, 6.45) is 9.52. The molecule has 3 aliphatic heterocycles. The van der Waals surface area contributed by atoms with Crippen LogP contribution in [0.1, 0.15) is 44.9 Å². The van der Waals surface area contributed by atoms with Gasteiger partial charge in [-0.25, -0.2) is 4.79 Å². The first-order valence-electron chi connectivity index (χ1n) is 10.4. The predicted molar refractivity (Wildman–Crippen MR) is 97.8 cm³/mol. The maximum atomic E-state index is 12.2. The number of likely N-dealkylation sites (tertiary alicyclic amines) is 1. The van der Waals surface area contributed by atoms with E-state index in [1.165, 1.54) is 58.3 Å². The molecule has 1 aliphatic carbocycles. The maximum Gasteiger partial charge on any atom is 0.317 e. The Hall–Kier alpha value is -0.850. The molecule has 1 N–H and O–H groups in total. The van der Waals surface area contributed by atoms with Crippen molar-refractivity contribution >= 4 is 6.03 Å². The molecule has 142 valence electrons. The van der Waals surface area contributed by atoms with Crippen LogP contribution in [-0.4, -0.2) is 91.3 Å². The number of nitrogens with one attached hydrogen (secondary N) is 1. The number of ether oxygens (including phenoxy) is 1. The normalized spacial score (nSPS) is 30.4. The molecule has 0 aromatic rings. The van der Waals surface area contributed by atoms with Crippen LogP contribution >= 0.6 is 0 Å². The number of carbonyl (C=O) groups is 1. The van der Waals surface area contributed by atoms with Crippen LogP contribution in [0.3, 0.4) is 0 Å². The van der Waals surface area contributed by atoms with Crippen LogP contribution in [0.2, 0.25) is 0 Å². The number of nitrogens with zero attached hydrogens (tertiary/aromatic N) is 3. The second-order valence-corrected chi connectivity index (χ2v) is 8.24. The van der Waals surface area contributed by atoms with Crippen molar-refractivity contribution in [3.05, 3.63) is 0 Å². The van der Waals surface area contributed by atoms with Crippen LogP contribution in [0.5, 0.6) is 0 Å². The molecule has 4 fully saturated rings. The van der Waals surface area contributed by atoms with E-state index < -0.39 is 0 Å². The van der Waals surface area contributed by atoms with E-state index in [9.17, 15) is 4.79 Å². The van der Waals surface area contributed by atoms with E-state index in [2.05, 4.69) is 15.1 Å². The minimum atomic E-state index is 0.0904. The molecule has 1 unspecified atom stereocenters. The lowest BCUT2D eigenvalue weighted by molar-refractivity contribution is 0.00700. The Morgan fingerprint density at radius 3 is 2.20 bits per heavy atom. The Morgan fingerprint density at radius 2 is 1.56 bits per heavy atom. The minimum Gasteiger partial charge on any atom is -0.376 e. The lowest BCUT2D eigenvalue weighted by Crippen LogP contribution is -2.66. The molecule has 1 atom stereocenters. The largest absolute Gasteiger partial charge is 0.376 e. The monoisotopic (exact) mass is 350 g/mol. The molecule has 3 saturated heterocycles. The molecule has 6 heteroatoms. The van der Waals surface area contributed by atoms with Gasteiger partial charge in [0, 0.05) is 64.5 Å². The van der Waals surface area contributed by atoms with Gasteiger partial charge in [-0.3, -0.25) is 9.80 Å². The van der Waals surface area contributed by atoms with Crippen LogP contribution in [0.4, 0.5) is 4.79 Å². The lowest BCUT2D eigenvalue weighted by atomic mass is 9.93. The molecule has 0 aromatic heterocycles. The number of urea groups is 1. The van der Waals surface area contributed by atoms with Crippen LogP contribution in [-0.2, 0) is 4.74 Å². The van der Waals surface area contributed by atoms with E-state index in [1.54, 1.807) is 0 Å². The number of rotatable bonds is 4. The number of carbonyl (C=O) groups excluding carboxylic acids is 1. The second kappa shape index (κ2) is 8.23.